The predicted octanol–water partition coefficient (Wildman–Crippen LogP) is 2.43. The summed E-state index contributed by atoms with van der Waals surface area (Å²) in [5.74, 6) is 0.345. The van der Waals surface area contributed by atoms with Crippen LogP contribution in [0.25, 0.3) is 0 Å². The van der Waals surface area contributed by atoms with Gasteiger partial charge in [-0.25, -0.2) is 0 Å². The molecule has 2 aromatic rings. The number of ether oxygens (including phenoxy) is 1. The fourth-order valence-electron chi connectivity index (χ4n) is 3.45. The molecule has 0 bridgehead atoms. The first-order chi connectivity index (χ1) is 12.6. The first-order valence-electron chi connectivity index (χ1n) is 8.44. The molecule has 0 aliphatic carbocycles. The number of halogens is 1. The highest BCUT2D eigenvalue weighted by molar-refractivity contribution is 6.30. The van der Waals surface area contributed by atoms with Crippen molar-refractivity contribution in [3.05, 3.63) is 53.6 Å². The van der Waals surface area contributed by atoms with Crippen LogP contribution in [0, 0.1) is 0 Å². The van der Waals surface area contributed by atoms with E-state index in [0.29, 0.717) is 23.7 Å². The smallest absolute Gasteiger partial charge is 0.258 e. The van der Waals surface area contributed by atoms with Gasteiger partial charge in [0.1, 0.15) is 11.8 Å². The number of amides is 2. The monoisotopic (exact) mass is 371 g/mol. The lowest BCUT2D eigenvalue weighted by atomic mass is 10.1. The molecule has 1 saturated heterocycles. The van der Waals surface area contributed by atoms with Crippen molar-refractivity contribution in [3.63, 3.8) is 0 Å². The number of nitrogens with zero attached hydrogens (tertiary/aromatic N) is 1. The van der Waals surface area contributed by atoms with E-state index in [1.54, 1.807) is 24.3 Å². The Bertz CT molecular complexity index is 840. The molecule has 2 heterocycles. The van der Waals surface area contributed by atoms with Crippen molar-refractivity contribution >= 4 is 34.8 Å². The standard InChI is InChI=1S/C19H18ClN3O3/c20-12-5-7-14(8-6-12)26-11-18(24)21-13-9-17-19(25)22-15-3-1-2-4-16(15)23(17)10-13/h1-8,13,17H,9-11H2,(H,21,24)(H,22,25)/t13-,17-/m0/s1. The summed E-state index contributed by atoms with van der Waals surface area (Å²) in [5.41, 5.74) is 1.80. The van der Waals surface area contributed by atoms with Crippen LogP contribution in [0.1, 0.15) is 6.42 Å². The minimum atomic E-state index is -0.257. The third-order valence-electron chi connectivity index (χ3n) is 4.62. The number of benzene rings is 2. The lowest BCUT2D eigenvalue weighted by Crippen LogP contribution is -2.44. The third-order valence-corrected chi connectivity index (χ3v) is 4.88. The topological polar surface area (TPSA) is 70.7 Å². The number of para-hydroxylation sites is 2. The van der Waals surface area contributed by atoms with E-state index in [-0.39, 0.29) is 30.5 Å². The Morgan fingerprint density at radius 3 is 2.81 bits per heavy atom. The van der Waals surface area contributed by atoms with Crippen molar-refractivity contribution < 1.29 is 14.3 Å². The van der Waals surface area contributed by atoms with Gasteiger partial charge in [0, 0.05) is 17.6 Å². The van der Waals surface area contributed by atoms with Crippen LogP contribution in [0.4, 0.5) is 11.4 Å². The zero-order valence-electron chi connectivity index (χ0n) is 13.9. The Kier molecular flexibility index (Phi) is 4.42. The zero-order valence-corrected chi connectivity index (χ0v) is 14.7. The van der Waals surface area contributed by atoms with E-state index in [1.807, 2.05) is 24.3 Å². The molecule has 7 heteroatoms. The highest BCUT2D eigenvalue weighted by Gasteiger charge is 2.41. The summed E-state index contributed by atoms with van der Waals surface area (Å²) in [6.45, 7) is 0.521. The van der Waals surface area contributed by atoms with Crippen molar-refractivity contribution in [2.75, 3.05) is 23.4 Å². The van der Waals surface area contributed by atoms with Gasteiger partial charge in [-0.2, -0.15) is 0 Å². The SMILES string of the molecule is O=C(COc1ccc(Cl)cc1)N[C@H]1C[C@H]2C(=O)Nc3ccccc3N2C1. The van der Waals surface area contributed by atoms with E-state index in [1.165, 1.54) is 0 Å². The highest BCUT2D eigenvalue weighted by Crippen LogP contribution is 2.36. The molecule has 0 aromatic heterocycles. The maximum atomic E-state index is 12.3. The van der Waals surface area contributed by atoms with Crippen LogP contribution >= 0.6 is 11.6 Å². The molecule has 2 aliphatic rings. The average Bonchev–Trinajstić information content (AvgIpc) is 3.06. The zero-order chi connectivity index (χ0) is 18.1. The van der Waals surface area contributed by atoms with Crippen molar-refractivity contribution in [2.45, 2.75) is 18.5 Å². The number of anilines is 2. The molecular weight excluding hydrogens is 354 g/mol. The Balaban J connectivity index is 1.36. The highest BCUT2D eigenvalue weighted by atomic mass is 35.5. The normalized spacial score (nSPS) is 20.8. The van der Waals surface area contributed by atoms with Crippen LogP contribution < -0.4 is 20.3 Å². The van der Waals surface area contributed by atoms with Gasteiger partial charge in [0.15, 0.2) is 6.61 Å². The second-order valence-corrected chi connectivity index (χ2v) is 6.85. The Morgan fingerprint density at radius 2 is 2.00 bits per heavy atom. The van der Waals surface area contributed by atoms with E-state index < -0.39 is 0 Å². The summed E-state index contributed by atoms with van der Waals surface area (Å²) in [6.07, 6.45) is 0.576. The second kappa shape index (κ2) is 6.88. The number of carbonyl (C=O) groups excluding carboxylic acids is 2. The van der Waals surface area contributed by atoms with Crippen molar-refractivity contribution in [3.8, 4) is 5.75 Å². The minimum Gasteiger partial charge on any atom is -0.484 e. The van der Waals surface area contributed by atoms with Crippen LogP contribution in [0.5, 0.6) is 5.75 Å². The van der Waals surface area contributed by atoms with Gasteiger partial charge >= 0.3 is 0 Å². The molecule has 1 fully saturated rings. The van der Waals surface area contributed by atoms with Crippen molar-refractivity contribution in [1.29, 1.82) is 0 Å². The molecule has 0 unspecified atom stereocenters. The van der Waals surface area contributed by atoms with Gasteiger partial charge in [-0.3, -0.25) is 9.59 Å². The van der Waals surface area contributed by atoms with Crippen molar-refractivity contribution in [2.24, 2.45) is 0 Å². The number of nitrogens with one attached hydrogen (secondary N) is 2. The lowest BCUT2D eigenvalue weighted by Gasteiger charge is -2.32. The van der Waals surface area contributed by atoms with Gasteiger partial charge in [-0.1, -0.05) is 23.7 Å². The van der Waals surface area contributed by atoms with E-state index in [2.05, 4.69) is 15.5 Å². The van der Waals surface area contributed by atoms with Gasteiger partial charge in [0.25, 0.3) is 5.91 Å². The van der Waals surface area contributed by atoms with Gasteiger partial charge in [0.05, 0.1) is 11.4 Å². The second-order valence-electron chi connectivity index (χ2n) is 6.42. The van der Waals surface area contributed by atoms with Gasteiger partial charge < -0.3 is 20.3 Å². The van der Waals surface area contributed by atoms with Crippen LogP contribution in [0.15, 0.2) is 48.5 Å². The molecular formula is C19H18ClN3O3. The Labute approximate surface area is 156 Å². The first kappa shape index (κ1) is 16.7. The van der Waals surface area contributed by atoms with Crippen LogP contribution in [-0.4, -0.2) is 37.0 Å². The van der Waals surface area contributed by atoms with Crippen LogP contribution in [0.2, 0.25) is 5.02 Å². The molecule has 134 valence electrons. The molecule has 0 radical (unpaired) electrons. The average molecular weight is 372 g/mol. The fraction of sp³-hybridized carbons (Fsp3) is 0.263. The molecule has 0 saturated carbocycles. The Hall–Kier alpha value is -2.73. The summed E-state index contributed by atoms with van der Waals surface area (Å²) >= 11 is 5.82. The molecule has 4 rings (SSSR count). The number of hydrogen-bond acceptors (Lipinski definition) is 4. The maximum absolute atomic E-state index is 12.3. The summed E-state index contributed by atoms with van der Waals surface area (Å²) in [6, 6.07) is 14.2. The number of hydrogen-bond donors (Lipinski definition) is 2. The molecule has 2 amide bonds. The van der Waals surface area contributed by atoms with E-state index in [9.17, 15) is 9.59 Å². The lowest BCUT2D eigenvalue weighted by molar-refractivity contribution is -0.124. The van der Waals surface area contributed by atoms with Crippen LogP contribution in [0.3, 0.4) is 0 Å². The van der Waals surface area contributed by atoms with E-state index in [4.69, 9.17) is 16.3 Å². The van der Waals surface area contributed by atoms with Crippen LogP contribution in [-0.2, 0) is 9.59 Å². The summed E-state index contributed by atoms with van der Waals surface area (Å²) in [7, 11) is 0. The van der Waals surface area contributed by atoms with E-state index in [0.717, 1.165) is 11.4 Å². The predicted molar refractivity (Wildman–Crippen MR) is 99.7 cm³/mol. The van der Waals surface area contributed by atoms with Gasteiger partial charge in [0.2, 0.25) is 5.91 Å². The van der Waals surface area contributed by atoms with Crippen molar-refractivity contribution in [1.82, 2.24) is 5.32 Å². The quantitative estimate of drug-likeness (QED) is 0.866. The molecule has 2 aromatic carbocycles. The Morgan fingerprint density at radius 1 is 1.23 bits per heavy atom. The first-order valence-corrected chi connectivity index (χ1v) is 8.82. The number of rotatable bonds is 4. The van der Waals surface area contributed by atoms with Gasteiger partial charge in [-0.05, 0) is 42.8 Å². The summed E-state index contributed by atoms with van der Waals surface area (Å²) < 4.78 is 5.47. The van der Waals surface area contributed by atoms with Gasteiger partial charge in [-0.15, -0.1) is 0 Å². The molecule has 0 spiro atoms. The molecule has 2 N–H and O–H groups in total. The summed E-state index contributed by atoms with van der Waals surface area (Å²) in [5, 5.41) is 6.50. The maximum Gasteiger partial charge on any atom is 0.258 e. The number of fused-ring (bicyclic) bond motifs is 3. The molecule has 26 heavy (non-hydrogen) atoms. The number of carbonyl (C=O) groups is 2. The molecule has 6 nitrogen and oxygen atoms in total. The minimum absolute atomic E-state index is 0.0298. The largest absolute Gasteiger partial charge is 0.484 e. The molecule has 2 aliphatic heterocycles. The molecule has 2 atom stereocenters. The summed E-state index contributed by atoms with van der Waals surface area (Å²) in [4.78, 5) is 26.6. The van der Waals surface area contributed by atoms with E-state index >= 15 is 0 Å². The fourth-order valence-corrected chi connectivity index (χ4v) is 3.58. The third kappa shape index (κ3) is 3.32.